The Morgan fingerprint density at radius 1 is 1.15 bits per heavy atom. The first-order chi connectivity index (χ1) is 15.5. The molecular formula is C24H25FN4O4. The molecule has 3 aromatic rings. The minimum absolute atomic E-state index is 0.134. The van der Waals surface area contributed by atoms with Gasteiger partial charge >= 0.3 is 0 Å². The van der Waals surface area contributed by atoms with E-state index >= 15 is 0 Å². The summed E-state index contributed by atoms with van der Waals surface area (Å²) in [6.45, 7) is 6.64. The standard InChI is InChI=1S/C24H25FN4O4/c1-12-10-16(6-7-17(12)25)27-22(31)19-13(2)20(29(5)14(19)3)21(30)23(32)28-24(8-9-24)18-11-26-15(4)33-18/h6-7,10-11H,8-9H2,1-5H3,(H,27,31)(H,28,32). The highest BCUT2D eigenvalue weighted by Crippen LogP contribution is 2.45. The summed E-state index contributed by atoms with van der Waals surface area (Å²) in [5.41, 5.74) is 1.47. The molecule has 4 rings (SSSR count). The number of amides is 2. The van der Waals surface area contributed by atoms with Crippen molar-refractivity contribution in [2.45, 2.75) is 46.1 Å². The third-order valence-corrected chi connectivity index (χ3v) is 6.19. The Morgan fingerprint density at radius 3 is 2.42 bits per heavy atom. The van der Waals surface area contributed by atoms with E-state index in [-0.39, 0.29) is 11.5 Å². The summed E-state index contributed by atoms with van der Waals surface area (Å²) in [5, 5.41) is 5.53. The first-order valence-electron chi connectivity index (χ1n) is 10.6. The first-order valence-corrected chi connectivity index (χ1v) is 10.6. The van der Waals surface area contributed by atoms with Crippen LogP contribution in [0.5, 0.6) is 0 Å². The largest absolute Gasteiger partial charge is 0.444 e. The SMILES string of the molecule is Cc1ncc(C2(NC(=O)C(=O)c3c(C)c(C(=O)Nc4ccc(F)c(C)c4)c(C)n3C)CC2)o1. The molecule has 0 saturated heterocycles. The molecular weight excluding hydrogens is 427 g/mol. The first kappa shape index (κ1) is 22.4. The lowest BCUT2D eigenvalue weighted by Gasteiger charge is -2.14. The summed E-state index contributed by atoms with van der Waals surface area (Å²) >= 11 is 0. The van der Waals surface area contributed by atoms with Gasteiger partial charge < -0.3 is 19.6 Å². The summed E-state index contributed by atoms with van der Waals surface area (Å²) < 4.78 is 20.6. The van der Waals surface area contributed by atoms with Gasteiger partial charge in [0.15, 0.2) is 5.89 Å². The summed E-state index contributed by atoms with van der Waals surface area (Å²) in [5.74, 6) is -1.31. The third-order valence-electron chi connectivity index (χ3n) is 6.19. The van der Waals surface area contributed by atoms with Crippen molar-refractivity contribution in [3.8, 4) is 0 Å². The molecule has 0 unspecified atom stereocenters. The number of anilines is 1. The van der Waals surface area contributed by atoms with E-state index < -0.39 is 23.1 Å². The Balaban J connectivity index is 1.58. The minimum Gasteiger partial charge on any atom is -0.444 e. The molecule has 0 aliphatic heterocycles. The molecule has 0 spiro atoms. The zero-order valence-corrected chi connectivity index (χ0v) is 19.1. The second kappa shape index (κ2) is 7.99. The van der Waals surface area contributed by atoms with E-state index in [4.69, 9.17) is 4.42 Å². The van der Waals surface area contributed by atoms with Crippen LogP contribution in [-0.4, -0.2) is 27.1 Å². The van der Waals surface area contributed by atoms with E-state index in [1.807, 2.05) is 0 Å². The molecule has 2 aromatic heterocycles. The Hall–Kier alpha value is -3.75. The average Bonchev–Trinajstić information content (AvgIpc) is 3.33. The molecule has 2 amide bonds. The van der Waals surface area contributed by atoms with Gasteiger partial charge in [-0.15, -0.1) is 0 Å². The zero-order chi connectivity index (χ0) is 24.1. The predicted molar refractivity (Wildman–Crippen MR) is 119 cm³/mol. The number of halogens is 1. The molecule has 172 valence electrons. The Morgan fingerprint density at radius 2 is 1.85 bits per heavy atom. The molecule has 0 bridgehead atoms. The highest BCUT2D eigenvalue weighted by molar-refractivity contribution is 6.43. The monoisotopic (exact) mass is 452 g/mol. The van der Waals surface area contributed by atoms with Crippen LogP contribution in [0.25, 0.3) is 0 Å². The maximum atomic E-state index is 13.5. The predicted octanol–water partition coefficient (Wildman–Crippen LogP) is 3.63. The molecule has 2 heterocycles. The number of rotatable bonds is 6. The maximum Gasteiger partial charge on any atom is 0.294 e. The topological polar surface area (TPSA) is 106 Å². The van der Waals surface area contributed by atoms with E-state index in [0.29, 0.717) is 52.6 Å². The number of hydrogen-bond donors (Lipinski definition) is 2. The molecule has 0 atom stereocenters. The normalized spacial score (nSPS) is 14.1. The number of carbonyl (C=O) groups excluding carboxylic acids is 3. The van der Waals surface area contributed by atoms with Gasteiger partial charge in [0.25, 0.3) is 17.6 Å². The van der Waals surface area contributed by atoms with E-state index in [1.165, 1.54) is 18.2 Å². The number of hydrogen-bond acceptors (Lipinski definition) is 5. The molecule has 1 saturated carbocycles. The van der Waals surface area contributed by atoms with Crippen LogP contribution >= 0.6 is 0 Å². The second-order valence-electron chi connectivity index (χ2n) is 8.52. The lowest BCUT2D eigenvalue weighted by atomic mass is 10.1. The van der Waals surface area contributed by atoms with Crippen LogP contribution in [0, 0.1) is 33.5 Å². The van der Waals surface area contributed by atoms with Gasteiger partial charge in [0.05, 0.1) is 17.5 Å². The van der Waals surface area contributed by atoms with Gasteiger partial charge in [-0.1, -0.05) is 0 Å². The fourth-order valence-electron chi connectivity index (χ4n) is 4.07. The Labute approximate surface area is 190 Å². The Bertz CT molecular complexity index is 1300. The number of ketones is 1. The smallest absolute Gasteiger partial charge is 0.294 e. The highest BCUT2D eigenvalue weighted by Gasteiger charge is 2.50. The number of nitrogens with zero attached hydrogens (tertiary/aromatic N) is 2. The van der Waals surface area contributed by atoms with Crippen LogP contribution in [0.15, 0.2) is 28.8 Å². The molecule has 1 fully saturated rings. The highest BCUT2D eigenvalue weighted by atomic mass is 19.1. The Kier molecular flexibility index (Phi) is 5.43. The fraction of sp³-hybridized carbons (Fsp3) is 0.333. The molecule has 0 radical (unpaired) electrons. The van der Waals surface area contributed by atoms with E-state index in [1.54, 1.807) is 45.5 Å². The zero-order valence-electron chi connectivity index (χ0n) is 19.1. The number of carbonyl (C=O) groups is 3. The summed E-state index contributed by atoms with van der Waals surface area (Å²) in [6, 6.07) is 4.27. The molecule has 8 nitrogen and oxygen atoms in total. The van der Waals surface area contributed by atoms with Crippen molar-refractivity contribution in [1.82, 2.24) is 14.9 Å². The van der Waals surface area contributed by atoms with Gasteiger partial charge in [0.2, 0.25) is 0 Å². The second-order valence-corrected chi connectivity index (χ2v) is 8.52. The van der Waals surface area contributed by atoms with Gasteiger partial charge in [0.1, 0.15) is 17.1 Å². The number of aryl methyl sites for hydroxylation is 2. The van der Waals surface area contributed by atoms with Crippen LogP contribution < -0.4 is 10.6 Å². The number of aromatic nitrogens is 2. The summed E-state index contributed by atoms with van der Waals surface area (Å²) in [7, 11) is 1.63. The average molecular weight is 452 g/mol. The molecule has 2 N–H and O–H groups in total. The molecule has 1 aromatic carbocycles. The number of benzene rings is 1. The van der Waals surface area contributed by atoms with E-state index in [9.17, 15) is 18.8 Å². The van der Waals surface area contributed by atoms with Gasteiger partial charge in [-0.3, -0.25) is 14.4 Å². The van der Waals surface area contributed by atoms with E-state index in [2.05, 4.69) is 15.6 Å². The van der Waals surface area contributed by atoms with Gasteiger partial charge in [-0.25, -0.2) is 9.37 Å². The quantitative estimate of drug-likeness (QED) is 0.439. The van der Waals surface area contributed by atoms with E-state index in [0.717, 1.165) is 0 Å². The van der Waals surface area contributed by atoms with Crippen molar-refractivity contribution in [1.29, 1.82) is 0 Å². The molecule has 9 heteroatoms. The molecule has 1 aliphatic rings. The van der Waals surface area contributed by atoms with Gasteiger partial charge in [-0.2, -0.15) is 0 Å². The van der Waals surface area contributed by atoms with Crippen LogP contribution in [0.3, 0.4) is 0 Å². The minimum atomic E-state index is -0.772. The van der Waals surface area contributed by atoms with Crippen LogP contribution in [0.2, 0.25) is 0 Å². The van der Waals surface area contributed by atoms with Crippen molar-refractivity contribution in [2.24, 2.45) is 7.05 Å². The van der Waals surface area contributed by atoms with Crippen LogP contribution in [0.1, 0.15) is 62.2 Å². The van der Waals surface area contributed by atoms with Crippen LogP contribution in [-0.2, 0) is 17.4 Å². The van der Waals surface area contributed by atoms with Gasteiger partial charge in [-0.05, 0) is 62.9 Å². The molecule has 33 heavy (non-hydrogen) atoms. The van der Waals surface area contributed by atoms with Crippen molar-refractivity contribution in [3.05, 3.63) is 69.9 Å². The lowest BCUT2D eigenvalue weighted by molar-refractivity contribution is -0.118. The number of Topliss-reactive ketones (excluding diaryl/α,β-unsaturated/α-hetero) is 1. The third kappa shape index (κ3) is 3.94. The number of nitrogens with one attached hydrogen (secondary N) is 2. The summed E-state index contributed by atoms with van der Waals surface area (Å²) in [6.07, 6.45) is 2.86. The van der Waals surface area contributed by atoms with Gasteiger partial charge in [0, 0.05) is 25.4 Å². The van der Waals surface area contributed by atoms with Crippen LogP contribution in [0.4, 0.5) is 10.1 Å². The maximum absolute atomic E-state index is 13.5. The fourth-order valence-corrected chi connectivity index (χ4v) is 4.07. The summed E-state index contributed by atoms with van der Waals surface area (Å²) in [4.78, 5) is 43.0. The lowest BCUT2D eigenvalue weighted by Crippen LogP contribution is -2.40. The van der Waals surface area contributed by atoms with Crippen molar-refractivity contribution >= 4 is 23.3 Å². The number of oxazole rings is 1. The van der Waals surface area contributed by atoms with Crippen molar-refractivity contribution in [3.63, 3.8) is 0 Å². The van der Waals surface area contributed by atoms with Crippen molar-refractivity contribution in [2.75, 3.05) is 5.32 Å². The van der Waals surface area contributed by atoms with Crippen molar-refractivity contribution < 1.29 is 23.2 Å². The molecule has 1 aliphatic carbocycles.